The van der Waals surface area contributed by atoms with E-state index >= 15 is 0 Å². The Morgan fingerprint density at radius 3 is 2.11 bits per heavy atom. The third-order valence-electron chi connectivity index (χ3n) is 6.53. The number of piperazine rings is 1. The van der Waals surface area contributed by atoms with Crippen LogP contribution >= 0.6 is 11.6 Å². The van der Waals surface area contributed by atoms with E-state index in [4.69, 9.17) is 20.8 Å². The zero-order chi connectivity index (χ0) is 25.2. The van der Waals surface area contributed by atoms with Gasteiger partial charge in [-0.2, -0.15) is 0 Å². The predicted molar refractivity (Wildman–Crippen MR) is 138 cm³/mol. The van der Waals surface area contributed by atoms with Gasteiger partial charge in [0.05, 0.1) is 24.6 Å². The van der Waals surface area contributed by atoms with Gasteiger partial charge in [0.1, 0.15) is 5.75 Å². The molecule has 0 spiro atoms. The number of hydrogen-bond donors (Lipinski definition) is 0. The van der Waals surface area contributed by atoms with Crippen LogP contribution in [0, 0.1) is 6.92 Å². The molecule has 4 aromatic rings. The molecule has 36 heavy (non-hydrogen) atoms. The Morgan fingerprint density at radius 2 is 1.53 bits per heavy atom. The van der Waals surface area contributed by atoms with E-state index in [2.05, 4.69) is 4.57 Å². The molecule has 8 heteroatoms. The molecule has 1 aliphatic heterocycles. The third-order valence-corrected chi connectivity index (χ3v) is 6.79. The molecule has 184 valence electrons. The van der Waals surface area contributed by atoms with Crippen LogP contribution in [0.4, 0.5) is 0 Å². The fourth-order valence-corrected chi connectivity index (χ4v) is 4.69. The molecule has 1 fully saturated rings. The zero-order valence-corrected chi connectivity index (χ0v) is 20.9. The summed E-state index contributed by atoms with van der Waals surface area (Å²) < 4.78 is 12.6. The van der Waals surface area contributed by atoms with Crippen molar-refractivity contribution >= 4 is 23.4 Å². The number of rotatable bonds is 5. The number of nitrogens with zero attached hydrogens (tertiary/aromatic N) is 3. The maximum absolute atomic E-state index is 13.7. The van der Waals surface area contributed by atoms with Crippen LogP contribution in [0.3, 0.4) is 0 Å². The number of halogens is 1. The number of ether oxygens (including phenoxy) is 1. The molecule has 1 aliphatic rings. The molecule has 0 unspecified atom stereocenters. The molecule has 2 aromatic heterocycles. The van der Waals surface area contributed by atoms with Crippen LogP contribution in [0.15, 0.2) is 77.4 Å². The van der Waals surface area contributed by atoms with Gasteiger partial charge in [-0.3, -0.25) is 9.59 Å². The molecule has 0 radical (unpaired) electrons. The van der Waals surface area contributed by atoms with Crippen LogP contribution in [0.2, 0.25) is 5.02 Å². The van der Waals surface area contributed by atoms with E-state index < -0.39 is 0 Å². The normalized spacial score (nSPS) is 13.6. The second kappa shape index (κ2) is 9.95. The van der Waals surface area contributed by atoms with Crippen molar-refractivity contribution in [3.8, 4) is 22.7 Å². The summed E-state index contributed by atoms with van der Waals surface area (Å²) in [5.41, 5.74) is 4.23. The fourth-order valence-electron chi connectivity index (χ4n) is 4.56. The quantitative estimate of drug-likeness (QED) is 0.370. The lowest BCUT2D eigenvalue weighted by Gasteiger charge is -2.34. The van der Waals surface area contributed by atoms with Crippen molar-refractivity contribution in [3.63, 3.8) is 0 Å². The van der Waals surface area contributed by atoms with Crippen molar-refractivity contribution in [2.24, 2.45) is 0 Å². The van der Waals surface area contributed by atoms with E-state index in [-0.39, 0.29) is 11.8 Å². The standard InChI is InChI=1S/C28H26ClN3O4/c1-19-24(27(33)30-13-15-31(16-14-30)28(34)26-4-3-17-36-26)18-25(20-5-7-21(29)8-6-20)32(19)22-9-11-23(35-2)12-10-22/h3-12,17-18H,13-16H2,1-2H3. The molecule has 0 bridgehead atoms. The van der Waals surface area contributed by atoms with Crippen molar-refractivity contribution in [1.82, 2.24) is 14.4 Å². The Bertz CT molecular complexity index is 1370. The summed E-state index contributed by atoms with van der Waals surface area (Å²) in [6, 6.07) is 20.6. The van der Waals surface area contributed by atoms with E-state index in [0.29, 0.717) is 42.5 Å². The number of carbonyl (C=O) groups is 2. The van der Waals surface area contributed by atoms with E-state index in [0.717, 1.165) is 28.4 Å². The lowest BCUT2D eigenvalue weighted by atomic mass is 10.1. The van der Waals surface area contributed by atoms with Crippen LogP contribution in [0.25, 0.3) is 16.9 Å². The number of amides is 2. The maximum atomic E-state index is 13.7. The third kappa shape index (κ3) is 4.50. The second-order valence-electron chi connectivity index (χ2n) is 8.63. The van der Waals surface area contributed by atoms with Crippen LogP contribution in [0.1, 0.15) is 26.6 Å². The van der Waals surface area contributed by atoms with E-state index in [1.54, 1.807) is 29.0 Å². The SMILES string of the molecule is COc1ccc(-n2c(-c3ccc(Cl)cc3)cc(C(=O)N3CCN(C(=O)c4ccco4)CC3)c2C)cc1. The lowest BCUT2D eigenvalue weighted by Crippen LogP contribution is -2.50. The number of aromatic nitrogens is 1. The van der Waals surface area contributed by atoms with Gasteiger partial charge in [0.2, 0.25) is 0 Å². The van der Waals surface area contributed by atoms with Gasteiger partial charge in [-0.25, -0.2) is 0 Å². The summed E-state index contributed by atoms with van der Waals surface area (Å²) in [4.78, 5) is 29.8. The lowest BCUT2D eigenvalue weighted by molar-refractivity contribution is 0.0518. The second-order valence-corrected chi connectivity index (χ2v) is 9.07. The average Bonchev–Trinajstić information content (AvgIpc) is 3.57. The first-order valence-electron chi connectivity index (χ1n) is 11.7. The highest BCUT2D eigenvalue weighted by atomic mass is 35.5. The molecular weight excluding hydrogens is 478 g/mol. The van der Waals surface area contributed by atoms with Gasteiger partial charge in [0.25, 0.3) is 11.8 Å². The Morgan fingerprint density at radius 1 is 0.889 bits per heavy atom. The summed E-state index contributed by atoms with van der Waals surface area (Å²) in [7, 11) is 1.63. The van der Waals surface area contributed by atoms with Crippen LogP contribution in [-0.2, 0) is 0 Å². The summed E-state index contributed by atoms with van der Waals surface area (Å²) in [5.74, 6) is 0.865. The Labute approximate surface area is 214 Å². The Kier molecular flexibility index (Phi) is 6.57. The van der Waals surface area contributed by atoms with Gasteiger partial charge >= 0.3 is 0 Å². The van der Waals surface area contributed by atoms with Crippen LogP contribution < -0.4 is 4.74 Å². The number of benzene rings is 2. The number of hydrogen-bond acceptors (Lipinski definition) is 4. The molecule has 7 nitrogen and oxygen atoms in total. The van der Waals surface area contributed by atoms with Crippen molar-refractivity contribution < 1.29 is 18.7 Å². The number of carbonyl (C=O) groups excluding carboxylic acids is 2. The van der Waals surface area contributed by atoms with Crippen molar-refractivity contribution in [2.75, 3.05) is 33.3 Å². The number of methoxy groups -OCH3 is 1. The Hall–Kier alpha value is -3.97. The summed E-state index contributed by atoms with van der Waals surface area (Å²) in [6.45, 7) is 3.76. The minimum absolute atomic E-state index is 0.0555. The first-order chi connectivity index (χ1) is 17.5. The highest BCUT2D eigenvalue weighted by molar-refractivity contribution is 6.30. The zero-order valence-electron chi connectivity index (χ0n) is 20.1. The summed E-state index contributed by atoms with van der Waals surface area (Å²) >= 11 is 6.13. The molecule has 2 amide bonds. The first-order valence-corrected chi connectivity index (χ1v) is 12.1. The van der Waals surface area contributed by atoms with Crippen LogP contribution in [-0.4, -0.2) is 59.5 Å². The van der Waals surface area contributed by atoms with Crippen molar-refractivity contribution in [2.45, 2.75) is 6.92 Å². The van der Waals surface area contributed by atoms with Gasteiger partial charge in [-0.15, -0.1) is 0 Å². The van der Waals surface area contributed by atoms with Crippen molar-refractivity contribution in [3.05, 3.63) is 95.0 Å². The molecular formula is C28H26ClN3O4. The molecule has 5 rings (SSSR count). The molecule has 0 N–H and O–H groups in total. The van der Waals surface area contributed by atoms with Gasteiger partial charge in [0, 0.05) is 42.6 Å². The van der Waals surface area contributed by atoms with Gasteiger partial charge < -0.3 is 23.5 Å². The highest BCUT2D eigenvalue weighted by Gasteiger charge is 2.29. The summed E-state index contributed by atoms with van der Waals surface area (Å²) in [6.07, 6.45) is 1.49. The molecule has 0 atom stereocenters. The van der Waals surface area contributed by atoms with E-state index in [9.17, 15) is 9.59 Å². The topological polar surface area (TPSA) is 67.9 Å². The molecule has 2 aromatic carbocycles. The maximum Gasteiger partial charge on any atom is 0.289 e. The molecule has 0 saturated carbocycles. The predicted octanol–water partition coefficient (Wildman–Crippen LogP) is 5.31. The van der Waals surface area contributed by atoms with Crippen molar-refractivity contribution in [1.29, 1.82) is 0 Å². The molecule has 0 aliphatic carbocycles. The molecule has 1 saturated heterocycles. The van der Waals surface area contributed by atoms with Gasteiger partial charge in [0.15, 0.2) is 5.76 Å². The minimum Gasteiger partial charge on any atom is -0.497 e. The molecule has 3 heterocycles. The Balaban J connectivity index is 1.44. The van der Waals surface area contributed by atoms with E-state index in [1.807, 2.05) is 61.5 Å². The average molecular weight is 504 g/mol. The van der Waals surface area contributed by atoms with Crippen LogP contribution in [0.5, 0.6) is 5.75 Å². The van der Waals surface area contributed by atoms with E-state index in [1.165, 1.54) is 6.26 Å². The minimum atomic E-state index is -0.154. The summed E-state index contributed by atoms with van der Waals surface area (Å²) in [5, 5.41) is 0.649. The highest BCUT2D eigenvalue weighted by Crippen LogP contribution is 2.32. The smallest absolute Gasteiger partial charge is 0.289 e. The fraction of sp³-hybridized carbons (Fsp3) is 0.214. The first kappa shape index (κ1) is 23.8. The van der Waals surface area contributed by atoms with Gasteiger partial charge in [-0.05, 0) is 67.1 Å². The largest absolute Gasteiger partial charge is 0.497 e. The monoisotopic (exact) mass is 503 g/mol. The van der Waals surface area contributed by atoms with Gasteiger partial charge in [-0.1, -0.05) is 23.7 Å². The number of furan rings is 1.